The van der Waals surface area contributed by atoms with Gasteiger partial charge in [-0.3, -0.25) is 9.59 Å². The molecule has 0 bridgehead atoms. The van der Waals surface area contributed by atoms with Crippen LogP contribution in [0.3, 0.4) is 0 Å². The van der Waals surface area contributed by atoms with Crippen molar-refractivity contribution in [2.75, 3.05) is 13.1 Å². The van der Waals surface area contributed by atoms with Crippen molar-refractivity contribution in [1.82, 2.24) is 29.7 Å². The van der Waals surface area contributed by atoms with Gasteiger partial charge < -0.3 is 4.90 Å². The molecule has 2 aromatic heterocycles. The highest BCUT2D eigenvalue weighted by atomic mass is 16.2. The Bertz CT molecular complexity index is 778. The lowest BCUT2D eigenvalue weighted by molar-refractivity contribution is -0.131. The predicted molar refractivity (Wildman–Crippen MR) is 80.7 cm³/mol. The largest absolute Gasteiger partial charge is 0.339 e. The highest BCUT2D eigenvalue weighted by Crippen LogP contribution is 2.39. The molecule has 0 aromatic carbocycles. The molecule has 1 saturated heterocycles. The summed E-state index contributed by atoms with van der Waals surface area (Å²) >= 11 is 0. The van der Waals surface area contributed by atoms with Crippen molar-refractivity contribution in [2.24, 2.45) is 0 Å². The molecule has 2 aromatic rings. The molecule has 120 valence electrons. The van der Waals surface area contributed by atoms with Crippen molar-refractivity contribution >= 4 is 5.91 Å². The first-order valence-corrected chi connectivity index (χ1v) is 7.92. The van der Waals surface area contributed by atoms with Gasteiger partial charge in [0.1, 0.15) is 6.54 Å². The quantitative estimate of drug-likeness (QED) is 0.804. The predicted octanol–water partition coefficient (Wildman–Crippen LogP) is 0.186. The summed E-state index contributed by atoms with van der Waals surface area (Å²) in [5.74, 6) is 0.495. The monoisotopic (exact) mass is 314 g/mol. The van der Waals surface area contributed by atoms with Crippen molar-refractivity contribution in [3.05, 3.63) is 40.6 Å². The van der Waals surface area contributed by atoms with Gasteiger partial charge in [-0.2, -0.15) is 5.10 Å². The first-order chi connectivity index (χ1) is 11.2. The third-order valence-corrected chi connectivity index (χ3v) is 4.48. The minimum atomic E-state index is -0.262. The van der Waals surface area contributed by atoms with E-state index in [1.807, 2.05) is 10.9 Å². The van der Waals surface area contributed by atoms with Gasteiger partial charge in [0.2, 0.25) is 5.91 Å². The minimum Gasteiger partial charge on any atom is -0.339 e. The normalized spacial score (nSPS) is 20.9. The number of aromatic nitrogens is 5. The van der Waals surface area contributed by atoms with Crippen LogP contribution in [0.15, 0.2) is 29.3 Å². The summed E-state index contributed by atoms with van der Waals surface area (Å²) in [7, 11) is 0. The summed E-state index contributed by atoms with van der Waals surface area (Å²) < 4.78 is 3.07. The third-order valence-electron chi connectivity index (χ3n) is 4.48. The molecule has 8 nitrogen and oxygen atoms in total. The average molecular weight is 314 g/mol. The van der Waals surface area contributed by atoms with Crippen LogP contribution in [0.1, 0.15) is 36.9 Å². The number of hydrogen-bond acceptors (Lipinski definition) is 5. The maximum Gasteiger partial charge on any atom is 0.267 e. The van der Waals surface area contributed by atoms with Crippen LogP contribution in [0, 0.1) is 0 Å². The molecule has 3 heterocycles. The van der Waals surface area contributed by atoms with E-state index < -0.39 is 0 Å². The van der Waals surface area contributed by atoms with E-state index in [1.54, 1.807) is 11.0 Å². The van der Waals surface area contributed by atoms with E-state index in [0.717, 1.165) is 12.1 Å². The van der Waals surface area contributed by atoms with Crippen molar-refractivity contribution in [3.8, 4) is 0 Å². The first-order valence-electron chi connectivity index (χ1n) is 7.92. The average Bonchev–Trinajstić information content (AvgIpc) is 3.09. The third kappa shape index (κ3) is 2.88. The van der Waals surface area contributed by atoms with Crippen LogP contribution in [0.5, 0.6) is 0 Å². The van der Waals surface area contributed by atoms with E-state index >= 15 is 0 Å². The van der Waals surface area contributed by atoms with Crippen LogP contribution in [0.4, 0.5) is 0 Å². The Morgan fingerprint density at radius 2 is 2.17 bits per heavy atom. The van der Waals surface area contributed by atoms with Gasteiger partial charge in [0, 0.05) is 37.5 Å². The molecule has 1 saturated carbocycles. The molecule has 1 amide bonds. The summed E-state index contributed by atoms with van der Waals surface area (Å²) in [4.78, 5) is 25.8. The van der Waals surface area contributed by atoms with Crippen LogP contribution in [0.2, 0.25) is 0 Å². The molecular formula is C15H18N6O2. The standard InChI is InChI=1S/C15H18N6O2/c22-14-2-1-6-16-21(14)10-15(23)19-7-5-12(8-19)20-9-13(17-18-20)11-3-4-11/h1-2,6,9,11-12H,3-5,7-8,10H2/t12-/m1/s1. The topological polar surface area (TPSA) is 85.9 Å². The molecule has 0 radical (unpaired) electrons. The fourth-order valence-corrected chi connectivity index (χ4v) is 2.95. The number of rotatable bonds is 4. The van der Waals surface area contributed by atoms with Crippen LogP contribution >= 0.6 is 0 Å². The molecule has 0 N–H and O–H groups in total. The van der Waals surface area contributed by atoms with Crippen molar-refractivity contribution < 1.29 is 4.79 Å². The molecule has 2 aliphatic rings. The van der Waals surface area contributed by atoms with Crippen molar-refractivity contribution in [3.63, 3.8) is 0 Å². The zero-order valence-corrected chi connectivity index (χ0v) is 12.7. The number of carbonyl (C=O) groups is 1. The van der Waals surface area contributed by atoms with Crippen molar-refractivity contribution in [2.45, 2.75) is 37.8 Å². The van der Waals surface area contributed by atoms with Gasteiger partial charge >= 0.3 is 0 Å². The number of amides is 1. The Balaban J connectivity index is 1.40. The van der Waals surface area contributed by atoms with Gasteiger partial charge in [0.15, 0.2) is 0 Å². The van der Waals surface area contributed by atoms with E-state index in [0.29, 0.717) is 19.0 Å². The molecule has 23 heavy (non-hydrogen) atoms. The second-order valence-corrected chi connectivity index (χ2v) is 6.20. The molecule has 8 heteroatoms. The van der Waals surface area contributed by atoms with Crippen molar-refractivity contribution in [1.29, 1.82) is 0 Å². The Morgan fingerprint density at radius 3 is 2.96 bits per heavy atom. The van der Waals surface area contributed by atoms with E-state index in [-0.39, 0.29) is 24.1 Å². The van der Waals surface area contributed by atoms with Gasteiger partial charge in [-0.25, -0.2) is 9.36 Å². The van der Waals surface area contributed by atoms with Gasteiger partial charge in [-0.15, -0.1) is 5.10 Å². The molecule has 1 aliphatic carbocycles. The Labute approximate surface area is 132 Å². The summed E-state index contributed by atoms with van der Waals surface area (Å²) in [5, 5.41) is 12.4. The molecule has 0 unspecified atom stereocenters. The fourth-order valence-electron chi connectivity index (χ4n) is 2.95. The minimum absolute atomic E-state index is 0.0168. The number of likely N-dealkylation sites (tertiary alicyclic amines) is 1. The molecular weight excluding hydrogens is 296 g/mol. The molecule has 2 fully saturated rings. The van der Waals surface area contributed by atoms with Crippen LogP contribution in [-0.4, -0.2) is 48.7 Å². The molecule has 4 rings (SSSR count). The lowest BCUT2D eigenvalue weighted by Gasteiger charge is -2.16. The van der Waals surface area contributed by atoms with E-state index in [9.17, 15) is 9.59 Å². The van der Waals surface area contributed by atoms with E-state index in [2.05, 4.69) is 15.4 Å². The molecule has 0 spiro atoms. The Morgan fingerprint density at radius 1 is 1.30 bits per heavy atom. The zero-order valence-electron chi connectivity index (χ0n) is 12.7. The van der Waals surface area contributed by atoms with Crippen LogP contribution in [-0.2, 0) is 11.3 Å². The van der Waals surface area contributed by atoms with Gasteiger partial charge in [-0.05, 0) is 25.3 Å². The van der Waals surface area contributed by atoms with Gasteiger partial charge in [-0.1, -0.05) is 5.21 Å². The fraction of sp³-hybridized carbons (Fsp3) is 0.533. The highest BCUT2D eigenvalue weighted by Gasteiger charge is 2.31. The highest BCUT2D eigenvalue weighted by molar-refractivity contribution is 5.76. The van der Waals surface area contributed by atoms with Gasteiger partial charge in [0.25, 0.3) is 5.56 Å². The summed E-state index contributed by atoms with van der Waals surface area (Å²) in [6.07, 6.45) is 6.78. The van der Waals surface area contributed by atoms with E-state index in [4.69, 9.17) is 0 Å². The van der Waals surface area contributed by atoms with Gasteiger partial charge in [0.05, 0.1) is 11.7 Å². The SMILES string of the molecule is O=C(Cn1ncccc1=O)N1CC[C@@H](n2cc(C3CC3)nn2)C1. The van der Waals surface area contributed by atoms with Crippen LogP contribution in [0.25, 0.3) is 0 Å². The summed E-state index contributed by atoms with van der Waals surface area (Å²) in [6.45, 7) is 1.26. The first kappa shape index (κ1) is 14.1. The number of hydrogen-bond donors (Lipinski definition) is 0. The maximum absolute atomic E-state index is 12.3. The Hall–Kier alpha value is -2.51. The smallest absolute Gasteiger partial charge is 0.267 e. The number of carbonyl (C=O) groups excluding carboxylic acids is 1. The number of nitrogens with zero attached hydrogens (tertiary/aromatic N) is 6. The lowest BCUT2D eigenvalue weighted by atomic mass is 10.2. The summed E-state index contributed by atoms with van der Waals surface area (Å²) in [6, 6.07) is 3.14. The molecule has 1 atom stereocenters. The second kappa shape index (κ2) is 5.60. The second-order valence-electron chi connectivity index (χ2n) is 6.20. The Kier molecular flexibility index (Phi) is 3.44. The lowest BCUT2D eigenvalue weighted by Crippen LogP contribution is -2.36. The zero-order chi connectivity index (χ0) is 15.8. The van der Waals surface area contributed by atoms with E-state index in [1.165, 1.54) is 29.8 Å². The maximum atomic E-state index is 12.3. The van der Waals surface area contributed by atoms with Crippen LogP contribution < -0.4 is 5.56 Å². The molecule has 1 aliphatic heterocycles. The summed E-state index contributed by atoms with van der Waals surface area (Å²) in [5.41, 5.74) is 0.803.